The SMILES string of the molecule is C=CCC1(C(=O)O)CN(S(=O)(=O)N2CCC(C)(C)CC2)C1. The second-order valence-corrected chi connectivity index (χ2v) is 8.85. The van der Waals surface area contributed by atoms with Crippen LogP contribution in [-0.2, 0) is 15.0 Å². The maximum absolute atomic E-state index is 12.5. The summed E-state index contributed by atoms with van der Waals surface area (Å²) in [7, 11) is -3.53. The average Bonchev–Trinajstić information content (AvgIpc) is 2.31. The molecule has 0 unspecified atom stereocenters. The van der Waals surface area contributed by atoms with E-state index < -0.39 is 21.6 Å². The van der Waals surface area contributed by atoms with Gasteiger partial charge in [-0.15, -0.1) is 6.58 Å². The zero-order valence-electron chi connectivity index (χ0n) is 12.7. The van der Waals surface area contributed by atoms with Crippen molar-refractivity contribution in [1.29, 1.82) is 0 Å². The minimum atomic E-state index is -3.53. The predicted molar refractivity (Wildman–Crippen MR) is 80.0 cm³/mol. The number of carboxylic acid groups (broad SMARTS) is 1. The zero-order chi connectivity index (χ0) is 15.9. The smallest absolute Gasteiger partial charge is 0.312 e. The Kier molecular flexibility index (Phi) is 4.21. The number of rotatable bonds is 5. The van der Waals surface area contributed by atoms with Crippen molar-refractivity contribution in [2.24, 2.45) is 10.8 Å². The van der Waals surface area contributed by atoms with Crippen molar-refractivity contribution in [2.45, 2.75) is 33.1 Å². The molecule has 120 valence electrons. The van der Waals surface area contributed by atoms with Crippen LogP contribution in [0.15, 0.2) is 12.7 Å². The van der Waals surface area contributed by atoms with Gasteiger partial charge in [0.05, 0.1) is 5.41 Å². The maximum atomic E-state index is 12.5. The van der Waals surface area contributed by atoms with Gasteiger partial charge in [-0.3, -0.25) is 4.79 Å². The Morgan fingerprint density at radius 2 is 1.76 bits per heavy atom. The van der Waals surface area contributed by atoms with Gasteiger partial charge >= 0.3 is 5.97 Å². The number of carboxylic acids is 1. The third kappa shape index (κ3) is 3.00. The van der Waals surface area contributed by atoms with E-state index in [1.807, 2.05) is 0 Å². The number of piperidine rings is 1. The fourth-order valence-electron chi connectivity index (χ4n) is 2.91. The van der Waals surface area contributed by atoms with Crippen LogP contribution in [0.4, 0.5) is 0 Å². The lowest BCUT2D eigenvalue weighted by Crippen LogP contribution is -2.64. The van der Waals surface area contributed by atoms with Gasteiger partial charge in [0.2, 0.25) is 0 Å². The predicted octanol–water partition coefficient (Wildman–Crippen LogP) is 1.32. The largest absolute Gasteiger partial charge is 0.481 e. The lowest BCUT2D eigenvalue weighted by Gasteiger charge is -2.48. The second-order valence-electron chi connectivity index (χ2n) is 6.92. The molecule has 0 radical (unpaired) electrons. The molecule has 0 amide bonds. The molecule has 0 saturated carbocycles. The van der Waals surface area contributed by atoms with Crippen LogP contribution in [0, 0.1) is 10.8 Å². The highest BCUT2D eigenvalue weighted by Crippen LogP contribution is 2.39. The molecule has 0 aromatic heterocycles. The first-order chi connectivity index (χ1) is 9.63. The van der Waals surface area contributed by atoms with E-state index >= 15 is 0 Å². The number of nitrogens with zero attached hydrogens (tertiary/aromatic N) is 2. The van der Waals surface area contributed by atoms with Gasteiger partial charge in [0.15, 0.2) is 0 Å². The topological polar surface area (TPSA) is 77.9 Å². The first kappa shape index (κ1) is 16.5. The third-order valence-electron chi connectivity index (χ3n) is 4.68. The summed E-state index contributed by atoms with van der Waals surface area (Å²) >= 11 is 0. The number of hydrogen-bond donors (Lipinski definition) is 1. The number of hydrogen-bond acceptors (Lipinski definition) is 3. The molecule has 2 fully saturated rings. The molecule has 2 rings (SSSR count). The van der Waals surface area contributed by atoms with E-state index in [4.69, 9.17) is 0 Å². The van der Waals surface area contributed by atoms with Crippen LogP contribution < -0.4 is 0 Å². The van der Waals surface area contributed by atoms with Gasteiger partial charge in [-0.2, -0.15) is 17.0 Å². The molecular formula is C14H24N2O4S. The van der Waals surface area contributed by atoms with Crippen molar-refractivity contribution in [3.05, 3.63) is 12.7 Å². The first-order valence-electron chi connectivity index (χ1n) is 7.23. The van der Waals surface area contributed by atoms with Crippen LogP contribution in [0.2, 0.25) is 0 Å². The lowest BCUT2D eigenvalue weighted by atomic mass is 9.79. The summed E-state index contributed by atoms with van der Waals surface area (Å²) in [6.45, 7) is 8.93. The number of aliphatic carboxylic acids is 1. The molecule has 0 atom stereocenters. The van der Waals surface area contributed by atoms with Gasteiger partial charge in [0.25, 0.3) is 10.2 Å². The standard InChI is InChI=1S/C14H24N2O4S/c1-4-5-14(12(17)18)10-16(11-14)21(19,20)15-8-6-13(2,3)7-9-15/h4H,1,5-11H2,2-3H3,(H,17,18). The molecule has 2 saturated heterocycles. The Balaban J connectivity index is 2.03. The molecule has 7 heteroatoms. The molecule has 2 aliphatic heterocycles. The summed E-state index contributed by atoms with van der Waals surface area (Å²) < 4.78 is 27.8. The monoisotopic (exact) mass is 316 g/mol. The summed E-state index contributed by atoms with van der Waals surface area (Å²) in [5, 5.41) is 9.29. The van der Waals surface area contributed by atoms with E-state index in [-0.39, 0.29) is 18.5 Å². The van der Waals surface area contributed by atoms with E-state index in [2.05, 4.69) is 20.4 Å². The highest BCUT2D eigenvalue weighted by molar-refractivity contribution is 7.86. The molecule has 0 bridgehead atoms. The Hall–Kier alpha value is -0.920. The normalized spacial score (nSPS) is 26.0. The van der Waals surface area contributed by atoms with Crippen LogP contribution in [0.5, 0.6) is 0 Å². The van der Waals surface area contributed by atoms with E-state index in [1.165, 1.54) is 8.61 Å². The van der Waals surface area contributed by atoms with Crippen LogP contribution in [0.25, 0.3) is 0 Å². The van der Waals surface area contributed by atoms with Crippen molar-refractivity contribution >= 4 is 16.2 Å². The van der Waals surface area contributed by atoms with Crippen molar-refractivity contribution in [2.75, 3.05) is 26.2 Å². The minimum absolute atomic E-state index is 0.0383. The van der Waals surface area contributed by atoms with Crippen LogP contribution in [0.3, 0.4) is 0 Å². The Labute approximate surface area is 126 Å². The number of carbonyl (C=O) groups is 1. The molecule has 0 aromatic carbocycles. The van der Waals surface area contributed by atoms with Gasteiger partial charge in [0.1, 0.15) is 0 Å². The summed E-state index contributed by atoms with van der Waals surface area (Å²) in [6.07, 6.45) is 3.50. The minimum Gasteiger partial charge on any atom is -0.481 e. The maximum Gasteiger partial charge on any atom is 0.312 e. The highest BCUT2D eigenvalue weighted by Gasteiger charge is 2.54. The van der Waals surface area contributed by atoms with Gasteiger partial charge in [-0.05, 0) is 24.7 Å². The van der Waals surface area contributed by atoms with Gasteiger partial charge in [-0.1, -0.05) is 19.9 Å². The van der Waals surface area contributed by atoms with E-state index in [0.29, 0.717) is 19.5 Å². The van der Waals surface area contributed by atoms with E-state index in [0.717, 1.165) is 12.8 Å². The van der Waals surface area contributed by atoms with Gasteiger partial charge < -0.3 is 5.11 Å². The zero-order valence-corrected chi connectivity index (χ0v) is 13.5. The molecule has 0 spiro atoms. The van der Waals surface area contributed by atoms with Crippen LogP contribution in [-0.4, -0.2) is 54.3 Å². The second kappa shape index (κ2) is 5.37. The highest BCUT2D eigenvalue weighted by atomic mass is 32.2. The molecular weight excluding hydrogens is 292 g/mol. The first-order valence-corrected chi connectivity index (χ1v) is 8.62. The third-order valence-corrected chi connectivity index (χ3v) is 6.60. The molecule has 0 aromatic rings. The fourth-order valence-corrected chi connectivity index (χ4v) is 4.70. The molecule has 6 nitrogen and oxygen atoms in total. The van der Waals surface area contributed by atoms with E-state index in [1.54, 1.807) is 6.08 Å². The van der Waals surface area contributed by atoms with Gasteiger partial charge in [0, 0.05) is 26.2 Å². The van der Waals surface area contributed by atoms with Crippen molar-refractivity contribution in [3.63, 3.8) is 0 Å². The lowest BCUT2D eigenvalue weighted by molar-refractivity contribution is -0.156. The van der Waals surface area contributed by atoms with Gasteiger partial charge in [-0.25, -0.2) is 0 Å². The fraction of sp³-hybridized carbons (Fsp3) is 0.786. The average molecular weight is 316 g/mol. The summed E-state index contributed by atoms with van der Waals surface area (Å²) in [5.41, 5.74) is -0.821. The molecule has 21 heavy (non-hydrogen) atoms. The van der Waals surface area contributed by atoms with E-state index in [9.17, 15) is 18.3 Å². The van der Waals surface area contributed by atoms with Crippen LogP contribution in [0.1, 0.15) is 33.1 Å². The molecule has 1 N–H and O–H groups in total. The summed E-state index contributed by atoms with van der Waals surface area (Å²) in [5.74, 6) is -0.950. The van der Waals surface area contributed by atoms with Crippen molar-refractivity contribution < 1.29 is 18.3 Å². The summed E-state index contributed by atoms with van der Waals surface area (Å²) in [4.78, 5) is 11.3. The number of allylic oxidation sites excluding steroid dienone is 1. The summed E-state index contributed by atoms with van der Waals surface area (Å²) in [6, 6.07) is 0. The molecule has 2 heterocycles. The van der Waals surface area contributed by atoms with Crippen LogP contribution >= 0.6 is 0 Å². The Bertz CT molecular complexity index is 525. The van der Waals surface area contributed by atoms with Crippen molar-refractivity contribution in [1.82, 2.24) is 8.61 Å². The molecule has 2 aliphatic rings. The Morgan fingerprint density at radius 1 is 1.24 bits per heavy atom. The van der Waals surface area contributed by atoms with Crippen molar-refractivity contribution in [3.8, 4) is 0 Å². The molecule has 0 aliphatic carbocycles. The quantitative estimate of drug-likeness (QED) is 0.776. The Morgan fingerprint density at radius 3 is 2.19 bits per heavy atom.